The first-order chi connectivity index (χ1) is 9.54. The van der Waals surface area contributed by atoms with Crippen LogP contribution in [0.2, 0.25) is 0 Å². The summed E-state index contributed by atoms with van der Waals surface area (Å²) in [6.07, 6.45) is -2.92. The Morgan fingerprint density at radius 1 is 1.45 bits per heavy atom. The molecule has 0 spiro atoms. The van der Waals surface area contributed by atoms with Gasteiger partial charge in [-0.3, -0.25) is 0 Å². The van der Waals surface area contributed by atoms with Crippen molar-refractivity contribution < 1.29 is 22.7 Å². The van der Waals surface area contributed by atoms with Gasteiger partial charge < -0.3 is 9.15 Å². The summed E-state index contributed by atoms with van der Waals surface area (Å²) >= 11 is 3.27. The third-order valence-electron chi connectivity index (χ3n) is 2.43. The summed E-state index contributed by atoms with van der Waals surface area (Å²) in [5.41, 5.74) is -0.237. The lowest BCUT2D eigenvalue weighted by Gasteiger charge is -1.99. The number of hydrogen-bond acceptors (Lipinski definition) is 4. The highest BCUT2D eigenvalue weighted by Gasteiger charge is 2.28. The molecule has 106 valence electrons. The number of carbonyl (C=O) groups excluding carboxylic acids is 1. The minimum Gasteiger partial charge on any atom is -0.460 e. The summed E-state index contributed by atoms with van der Waals surface area (Å²) in [5.74, 6) is -1.57. The van der Waals surface area contributed by atoms with Gasteiger partial charge >= 0.3 is 5.97 Å². The molecule has 0 bridgehead atoms. The van der Waals surface area contributed by atoms with Crippen molar-refractivity contribution >= 4 is 21.9 Å². The second-order valence-corrected chi connectivity index (χ2v) is 4.59. The van der Waals surface area contributed by atoms with E-state index in [2.05, 4.69) is 25.7 Å². The number of aromatic nitrogens is 1. The second kappa shape index (κ2) is 6.13. The Morgan fingerprint density at radius 3 is 2.75 bits per heavy atom. The Balaban J connectivity index is 2.50. The number of alkyl halides is 2. The molecule has 1 aromatic carbocycles. The van der Waals surface area contributed by atoms with E-state index in [0.717, 1.165) is 0 Å². The van der Waals surface area contributed by atoms with Crippen LogP contribution in [0.1, 0.15) is 29.6 Å². The summed E-state index contributed by atoms with van der Waals surface area (Å²) in [6, 6.07) is 6.82. The number of halogens is 3. The van der Waals surface area contributed by atoms with Crippen molar-refractivity contribution in [2.45, 2.75) is 13.3 Å². The summed E-state index contributed by atoms with van der Waals surface area (Å²) in [6.45, 7) is 1.64. The highest BCUT2D eigenvalue weighted by atomic mass is 79.9. The first kappa shape index (κ1) is 14.6. The Hall–Kier alpha value is -1.76. The maximum absolute atomic E-state index is 12.9. The van der Waals surface area contributed by atoms with Gasteiger partial charge in [0, 0.05) is 4.47 Å². The van der Waals surface area contributed by atoms with E-state index in [0.29, 0.717) is 10.0 Å². The van der Waals surface area contributed by atoms with Crippen LogP contribution in [0, 0.1) is 0 Å². The molecule has 2 rings (SSSR count). The fourth-order valence-corrected chi connectivity index (χ4v) is 2.03. The average Bonchev–Trinajstić information content (AvgIpc) is 2.84. The van der Waals surface area contributed by atoms with Crippen LogP contribution in [0.25, 0.3) is 11.5 Å². The van der Waals surface area contributed by atoms with Gasteiger partial charge in [-0.15, -0.1) is 0 Å². The van der Waals surface area contributed by atoms with E-state index in [-0.39, 0.29) is 12.5 Å². The molecule has 1 aromatic heterocycles. The monoisotopic (exact) mass is 345 g/mol. The van der Waals surface area contributed by atoms with Gasteiger partial charge in [0.2, 0.25) is 11.7 Å². The lowest BCUT2D eigenvalue weighted by atomic mass is 10.2. The zero-order chi connectivity index (χ0) is 14.7. The van der Waals surface area contributed by atoms with E-state index in [1.807, 2.05) is 0 Å². The van der Waals surface area contributed by atoms with E-state index in [9.17, 15) is 13.6 Å². The third kappa shape index (κ3) is 2.87. The Bertz CT molecular complexity index is 628. The average molecular weight is 346 g/mol. The molecule has 4 nitrogen and oxygen atoms in total. The van der Waals surface area contributed by atoms with Gasteiger partial charge in [-0.25, -0.2) is 18.6 Å². The SMILES string of the molecule is CCOC(=O)c1oc(-c2ccccc2Br)nc1C(F)F. The van der Waals surface area contributed by atoms with Crippen molar-refractivity contribution in [2.24, 2.45) is 0 Å². The first-order valence-electron chi connectivity index (χ1n) is 5.75. The molecular weight excluding hydrogens is 336 g/mol. The molecule has 0 saturated carbocycles. The number of rotatable bonds is 4. The predicted molar refractivity (Wildman–Crippen MR) is 70.6 cm³/mol. The van der Waals surface area contributed by atoms with Gasteiger partial charge in [0.15, 0.2) is 5.69 Å². The molecular formula is C13H10BrF2NO3. The largest absolute Gasteiger partial charge is 0.460 e. The lowest BCUT2D eigenvalue weighted by molar-refractivity contribution is 0.0476. The van der Waals surface area contributed by atoms with E-state index in [1.54, 1.807) is 31.2 Å². The van der Waals surface area contributed by atoms with Crippen LogP contribution in [-0.2, 0) is 4.74 Å². The van der Waals surface area contributed by atoms with Gasteiger partial charge in [0.25, 0.3) is 6.43 Å². The number of carbonyl (C=O) groups is 1. The van der Waals surface area contributed by atoms with Crippen LogP contribution in [0.15, 0.2) is 33.2 Å². The van der Waals surface area contributed by atoms with Crippen molar-refractivity contribution in [3.05, 3.63) is 40.2 Å². The topological polar surface area (TPSA) is 52.3 Å². The Morgan fingerprint density at radius 2 is 2.15 bits per heavy atom. The van der Waals surface area contributed by atoms with Gasteiger partial charge in [-0.1, -0.05) is 12.1 Å². The smallest absolute Gasteiger partial charge is 0.376 e. The minimum atomic E-state index is -2.92. The van der Waals surface area contributed by atoms with E-state index >= 15 is 0 Å². The van der Waals surface area contributed by atoms with E-state index in [4.69, 9.17) is 4.42 Å². The normalized spacial score (nSPS) is 10.8. The highest BCUT2D eigenvalue weighted by Crippen LogP contribution is 2.32. The summed E-state index contributed by atoms with van der Waals surface area (Å²) in [5, 5.41) is 0. The van der Waals surface area contributed by atoms with Crippen LogP contribution in [0.4, 0.5) is 8.78 Å². The molecule has 0 aliphatic carbocycles. The molecule has 0 aliphatic heterocycles. The maximum Gasteiger partial charge on any atom is 0.376 e. The molecule has 0 atom stereocenters. The quantitative estimate of drug-likeness (QED) is 0.778. The number of ether oxygens (including phenoxy) is 1. The van der Waals surface area contributed by atoms with Crippen molar-refractivity contribution in [2.75, 3.05) is 6.61 Å². The zero-order valence-corrected chi connectivity index (χ0v) is 12.0. The van der Waals surface area contributed by atoms with Crippen LogP contribution < -0.4 is 0 Å². The number of hydrogen-bond donors (Lipinski definition) is 0. The summed E-state index contributed by atoms with van der Waals surface area (Å²) in [4.78, 5) is 15.3. The van der Waals surface area contributed by atoms with Crippen LogP contribution in [0.3, 0.4) is 0 Å². The maximum atomic E-state index is 12.9. The predicted octanol–water partition coefficient (Wildman–Crippen LogP) is 4.22. The van der Waals surface area contributed by atoms with Gasteiger partial charge in [0.1, 0.15) is 0 Å². The molecule has 20 heavy (non-hydrogen) atoms. The third-order valence-corrected chi connectivity index (χ3v) is 3.12. The molecule has 0 N–H and O–H groups in total. The van der Waals surface area contributed by atoms with E-state index in [1.165, 1.54) is 0 Å². The number of nitrogens with zero attached hydrogens (tertiary/aromatic N) is 1. The summed E-state index contributed by atoms with van der Waals surface area (Å²) < 4.78 is 36.3. The minimum absolute atomic E-state index is 0.0594. The van der Waals surface area contributed by atoms with Crippen LogP contribution >= 0.6 is 15.9 Å². The second-order valence-electron chi connectivity index (χ2n) is 3.73. The lowest BCUT2D eigenvalue weighted by Crippen LogP contribution is -2.06. The molecule has 0 unspecified atom stereocenters. The van der Waals surface area contributed by atoms with E-state index < -0.39 is 23.8 Å². The molecule has 1 heterocycles. The number of benzene rings is 1. The van der Waals surface area contributed by atoms with Crippen molar-refractivity contribution in [3.8, 4) is 11.5 Å². The Kier molecular flexibility index (Phi) is 4.49. The fourth-order valence-electron chi connectivity index (χ4n) is 1.57. The van der Waals surface area contributed by atoms with Gasteiger partial charge in [-0.2, -0.15) is 0 Å². The van der Waals surface area contributed by atoms with Crippen LogP contribution in [0.5, 0.6) is 0 Å². The van der Waals surface area contributed by atoms with Gasteiger partial charge in [-0.05, 0) is 35.0 Å². The van der Waals surface area contributed by atoms with Crippen molar-refractivity contribution in [1.82, 2.24) is 4.98 Å². The molecule has 0 amide bonds. The standard InChI is InChI=1S/C13H10BrF2NO3/c1-2-19-13(18)10-9(11(15)16)17-12(20-10)7-5-3-4-6-8(7)14/h3-6,11H,2H2,1H3. The van der Waals surface area contributed by atoms with Crippen LogP contribution in [-0.4, -0.2) is 17.6 Å². The Labute approximate surface area is 121 Å². The molecule has 0 fully saturated rings. The van der Waals surface area contributed by atoms with Crippen molar-refractivity contribution in [1.29, 1.82) is 0 Å². The fraction of sp³-hybridized carbons (Fsp3) is 0.231. The molecule has 0 radical (unpaired) electrons. The first-order valence-corrected chi connectivity index (χ1v) is 6.54. The molecule has 0 saturated heterocycles. The number of esters is 1. The van der Waals surface area contributed by atoms with Gasteiger partial charge in [0.05, 0.1) is 12.2 Å². The molecule has 7 heteroatoms. The molecule has 2 aromatic rings. The highest BCUT2D eigenvalue weighted by molar-refractivity contribution is 9.10. The molecule has 0 aliphatic rings. The number of oxazole rings is 1. The zero-order valence-electron chi connectivity index (χ0n) is 10.4. The summed E-state index contributed by atoms with van der Waals surface area (Å²) in [7, 11) is 0. The van der Waals surface area contributed by atoms with Crippen molar-refractivity contribution in [3.63, 3.8) is 0 Å².